The average Bonchev–Trinajstić information content (AvgIpc) is 3.58. The van der Waals surface area contributed by atoms with Crippen LogP contribution in [0.5, 0.6) is 5.75 Å². The van der Waals surface area contributed by atoms with E-state index in [9.17, 15) is 32.8 Å². The minimum absolute atomic E-state index is 0.000883. The van der Waals surface area contributed by atoms with E-state index in [0.717, 1.165) is 85.1 Å². The van der Waals surface area contributed by atoms with Crippen LogP contribution in [0, 0.1) is 11.6 Å². The number of fused-ring (bicyclic) bond motifs is 1. The summed E-state index contributed by atoms with van der Waals surface area (Å²) in [6.45, 7) is 3.22. The van der Waals surface area contributed by atoms with Gasteiger partial charge in [-0.3, -0.25) is 23.9 Å². The maximum atomic E-state index is 14.5. The van der Waals surface area contributed by atoms with Gasteiger partial charge in [0.05, 0.1) is 28.1 Å². The molecule has 0 atom stereocenters. The standard InChI is InChI=1S/C21H23ClFNO5.C14H13ClFN3O3S2/c1-2-3-6-9-28-19(25)12-29-18-11-17(16(23)10-15(18)22)24-20(26)13-7-4-5-8-14(13)21(24)27;15-8-5-9(16)10(6-11(8)23-7-12(20)21)17-13-18-3-1-2-4-19(18)14(22)24-13/h10-11H,2-9,12H2,1H3;5-6H,1-4,7H2,(H,20,21). The normalized spacial score (nSPS) is 15.6. The third-order valence-corrected chi connectivity index (χ3v) is 11.1. The lowest BCUT2D eigenvalue weighted by atomic mass is 9.93. The molecule has 18 heteroatoms. The highest BCUT2D eigenvalue weighted by atomic mass is 35.5. The number of carbonyl (C=O) groups is 4. The van der Waals surface area contributed by atoms with E-state index in [1.807, 2.05) is 6.92 Å². The Morgan fingerprint density at radius 1 is 0.925 bits per heavy atom. The molecule has 2 aromatic carbocycles. The summed E-state index contributed by atoms with van der Waals surface area (Å²) in [5.41, 5.74) is 0.711. The van der Waals surface area contributed by atoms with Crippen LogP contribution >= 0.6 is 46.3 Å². The number of benzene rings is 2. The monoisotopic (exact) mass is 812 g/mol. The van der Waals surface area contributed by atoms with Crippen molar-refractivity contribution in [3.05, 3.63) is 71.6 Å². The van der Waals surface area contributed by atoms with Crippen LogP contribution in [-0.4, -0.2) is 57.2 Å². The van der Waals surface area contributed by atoms with Crippen molar-refractivity contribution >= 4 is 81.4 Å². The van der Waals surface area contributed by atoms with Gasteiger partial charge in [-0.25, -0.2) is 28.1 Å². The third-order valence-electron chi connectivity index (χ3n) is 8.45. The van der Waals surface area contributed by atoms with Crippen LogP contribution in [0.25, 0.3) is 0 Å². The highest BCUT2D eigenvalue weighted by Crippen LogP contribution is 2.39. The Labute approximate surface area is 321 Å². The molecule has 6 rings (SSSR count). The van der Waals surface area contributed by atoms with Crippen LogP contribution < -0.4 is 19.3 Å². The SMILES string of the molecule is CCCCCOC(=O)COc1cc(N2C(=O)C3=C(CCCC3)C2=O)c(F)cc1Cl.O=C(O)CSc1cc(N=c2sc(=O)n3n2CCCC3)c(F)cc1Cl. The topological polar surface area (TPSA) is 150 Å². The number of rotatable bonds is 12. The molecule has 3 heterocycles. The summed E-state index contributed by atoms with van der Waals surface area (Å²) in [5.74, 6) is -4.20. The lowest BCUT2D eigenvalue weighted by Crippen LogP contribution is -2.32. The molecule has 12 nitrogen and oxygen atoms in total. The first-order chi connectivity index (χ1) is 25.4. The highest BCUT2D eigenvalue weighted by Gasteiger charge is 2.41. The molecule has 0 bridgehead atoms. The van der Waals surface area contributed by atoms with Gasteiger partial charge in [0.15, 0.2) is 6.61 Å². The van der Waals surface area contributed by atoms with Gasteiger partial charge in [-0.2, -0.15) is 0 Å². The number of carbonyl (C=O) groups excluding carboxylic acids is 3. The molecule has 2 aliphatic heterocycles. The van der Waals surface area contributed by atoms with Gasteiger partial charge in [-0.15, -0.1) is 11.8 Å². The fraction of sp³-hybridized carbons (Fsp3) is 0.429. The minimum atomic E-state index is -0.992. The summed E-state index contributed by atoms with van der Waals surface area (Å²) in [6.07, 6.45) is 7.27. The summed E-state index contributed by atoms with van der Waals surface area (Å²) in [4.78, 5) is 65.6. The van der Waals surface area contributed by atoms with Crippen LogP contribution in [0.15, 0.2) is 50.1 Å². The molecule has 0 spiro atoms. The molecule has 3 aromatic rings. The second-order valence-electron chi connectivity index (χ2n) is 12.2. The van der Waals surface area contributed by atoms with Gasteiger partial charge < -0.3 is 14.6 Å². The Morgan fingerprint density at radius 3 is 2.25 bits per heavy atom. The number of carboxylic acids is 1. The first-order valence-corrected chi connectivity index (χ1v) is 19.5. The molecular formula is C35H36Cl2F2N4O8S2. The van der Waals surface area contributed by atoms with E-state index in [-0.39, 0.29) is 37.8 Å². The Bertz CT molecular complexity index is 2050. The number of aliphatic carboxylic acids is 1. The number of thioether (sulfide) groups is 1. The van der Waals surface area contributed by atoms with Crippen molar-refractivity contribution in [2.45, 2.75) is 82.7 Å². The van der Waals surface area contributed by atoms with Crippen LogP contribution in [0.2, 0.25) is 10.0 Å². The second-order valence-corrected chi connectivity index (χ2v) is 14.9. The highest BCUT2D eigenvalue weighted by molar-refractivity contribution is 8.00. The number of esters is 1. The van der Waals surface area contributed by atoms with Crippen molar-refractivity contribution in [2.75, 3.05) is 23.9 Å². The third kappa shape index (κ3) is 9.77. The molecule has 2 amide bonds. The van der Waals surface area contributed by atoms with Gasteiger partial charge in [0.2, 0.25) is 4.80 Å². The van der Waals surface area contributed by atoms with E-state index < -0.39 is 42.0 Å². The van der Waals surface area contributed by atoms with E-state index in [1.165, 1.54) is 12.1 Å². The second kappa shape index (κ2) is 18.4. The van der Waals surface area contributed by atoms with E-state index in [1.54, 1.807) is 9.36 Å². The van der Waals surface area contributed by atoms with Gasteiger partial charge in [0, 0.05) is 35.2 Å². The molecule has 3 aliphatic rings. The number of carboxylic acid groups (broad SMARTS) is 1. The quantitative estimate of drug-likeness (QED) is 0.0880. The zero-order valence-electron chi connectivity index (χ0n) is 28.6. The van der Waals surface area contributed by atoms with E-state index in [2.05, 4.69) is 4.99 Å². The molecule has 1 aromatic heterocycles. The average molecular weight is 814 g/mol. The maximum Gasteiger partial charge on any atom is 0.344 e. The van der Waals surface area contributed by atoms with Crippen LogP contribution in [0.4, 0.5) is 20.2 Å². The number of nitrogens with zero attached hydrogens (tertiary/aromatic N) is 4. The number of halogens is 4. The van der Waals surface area contributed by atoms with Crippen molar-refractivity contribution in [1.82, 2.24) is 9.36 Å². The minimum Gasteiger partial charge on any atom is -0.481 e. The summed E-state index contributed by atoms with van der Waals surface area (Å²) in [5, 5.41) is 8.83. The number of aromatic nitrogens is 2. The van der Waals surface area contributed by atoms with Gasteiger partial charge in [-0.05, 0) is 74.5 Å². The first-order valence-electron chi connectivity index (χ1n) is 17.0. The van der Waals surface area contributed by atoms with Gasteiger partial charge in [0.1, 0.15) is 23.1 Å². The van der Waals surface area contributed by atoms with Crippen LogP contribution in [-0.2, 0) is 37.0 Å². The number of hydrogen-bond acceptors (Lipinski definition) is 10. The predicted octanol–water partition coefficient (Wildman–Crippen LogP) is 7.04. The molecule has 0 radical (unpaired) electrons. The van der Waals surface area contributed by atoms with Gasteiger partial charge in [-0.1, -0.05) is 43.0 Å². The lowest BCUT2D eigenvalue weighted by Gasteiger charge is -2.18. The molecule has 0 unspecified atom stereocenters. The Hall–Kier alpha value is -3.99. The summed E-state index contributed by atoms with van der Waals surface area (Å²) < 4.78 is 42.5. The predicted molar refractivity (Wildman–Crippen MR) is 196 cm³/mol. The van der Waals surface area contributed by atoms with Gasteiger partial charge in [0.25, 0.3) is 11.8 Å². The number of amides is 2. The smallest absolute Gasteiger partial charge is 0.344 e. The van der Waals surface area contributed by atoms with E-state index in [0.29, 0.717) is 53.4 Å². The number of imide groups is 1. The maximum absolute atomic E-state index is 14.5. The van der Waals surface area contributed by atoms with Crippen molar-refractivity contribution in [2.24, 2.45) is 4.99 Å². The van der Waals surface area contributed by atoms with Crippen molar-refractivity contribution in [1.29, 1.82) is 0 Å². The molecule has 1 aliphatic carbocycles. The Balaban J connectivity index is 0.000000208. The fourth-order valence-electron chi connectivity index (χ4n) is 5.85. The molecular weight excluding hydrogens is 777 g/mol. The molecule has 53 heavy (non-hydrogen) atoms. The lowest BCUT2D eigenvalue weighted by molar-refractivity contribution is -0.146. The zero-order valence-corrected chi connectivity index (χ0v) is 31.8. The van der Waals surface area contributed by atoms with E-state index in [4.69, 9.17) is 37.8 Å². The molecule has 1 N–H and O–H groups in total. The fourth-order valence-corrected chi connectivity index (χ4v) is 7.93. The Morgan fingerprint density at radius 2 is 1.58 bits per heavy atom. The number of unbranched alkanes of at least 4 members (excludes halogenated alkanes) is 2. The summed E-state index contributed by atoms with van der Waals surface area (Å²) in [6, 6.07) is 4.67. The van der Waals surface area contributed by atoms with Crippen molar-refractivity contribution in [3.63, 3.8) is 0 Å². The van der Waals surface area contributed by atoms with Crippen molar-refractivity contribution in [3.8, 4) is 5.75 Å². The number of hydrogen-bond donors (Lipinski definition) is 1. The molecule has 0 saturated carbocycles. The van der Waals surface area contributed by atoms with Gasteiger partial charge >= 0.3 is 16.8 Å². The molecule has 284 valence electrons. The molecule has 0 saturated heterocycles. The van der Waals surface area contributed by atoms with Crippen LogP contribution in [0.1, 0.15) is 64.7 Å². The summed E-state index contributed by atoms with van der Waals surface area (Å²) >= 11 is 13.9. The summed E-state index contributed by atoms with van der Waals surface area (Å²) in [7, 11) is 0. The largest absolute Gasteiger partial charge is 0.481 e. The molecule has 0 fully saturated rings. The number of anilines is 1. The number of ether oxygens (including phenoxy) is 2. The van der Waals surface area contributed by atoms with Crippen molar-refractivity contribution < 1.29 is 42.5 Å². The van der Waals surface area contributed by atoms with E-state index >= 15 is 0 Å². The zero-order chi connectivity index (χ0) is 38.2. The Kier molecular flexibility index (Phi) is 13.9. The first kappa shape index (κ1) is 40.2. The van der Waals surface area contributed by atoms with Crippen LogP contribution in [0.3, 0.4) is 0 Å².